The van der Waals surface area contributed by atoms with E-state index in [2.05, 4.69) is 25.4 Å². The maximum atomic E-state index is 14.5. The van der Waals surface area contributed by atoms with E-state index in [9.17, 15) is 9.50 Å². The van der Waals surface area contributed by atoms with E-state index in [-0.39, 0.29) is 11.7 Å². The van der Waals surface area contributed by atoms with Crippen LogP contribution in [-0.2, 0) is 6.42 Å². The summed E-state index contributed by atoms with van der Waals surface area (Å²) in [5.74, 6) is 0.634. The number of halogens is 1. The Morgan fingerprint density at radius 2 is 2.06 bits per heavy atom. The van der Waals surface area contributed by atoms with E-state index < -0.39 is 6.10 Å². The summed E-state index contributed by atoms with van der Waals surface area (Å²) in [5.41, 5.74) is 3.36. The molecule has 32 heavy (non-hydrogen) atoms. The van der Waals surface area contributed by atoms with Gasteiger partial charge in [-0.3, -0.25) is 0 Å². The van der Waals surface area contributed by atoms with Gasteiger partial charge in [0.25, 0.3) is 0 Å². The molecule has 5 aromatic rings. The second kappa shape index (κ2) is 7.61. The zero-order chi connectivity index (χ0) is 22.4. The molecule has 1 aromatic carbocycles. The van der Waals surface area contributed by atoms with Crippen LogP contribution in [0.15, 0.2) is 36.9 Å². The normalized spacial score (nSPS) is 12.5. The van der Waals surface area contributed by atoms with Crippen LogP contribution < -0.4 is 9.57 Å². The molecule has 0 bridgehead atoms. The Morgan fingerprint density at radius 3 is 2.88 bits per heavy atom. The number of hydrogen-bond acceptors (Lipinski definition) is 7. The van der Waals surface area contributed by atoms with Crippen LogP contribution in [0.5, 0.6) is 17.4 Å². The molecule has 5 rings (SSSR count). The van der Waals surface area contributed by atoms with Crippen LogP contribution in [0, 0.1) is 19.7 Å². The molecule has 0 aliphatic carbocycles. The molecule has 4 heterocycles. The number of aromatic nitrogens is 7. The number of aromatic amines is 1. The number of H-pyrrole nitrogens is 1. The van der Waals surface area contributed by atoms with Crippen LogP contribution in [-0.4, -0.2) is 45.9 Å². The molecular formula is C21H20FN7O3. The molecule has 0 amide bonds. The van der Waals surface area contributed by atoms with Crippen LogP contribution in [0.1, 0.15) is 23.9 Å². The van der Waals surface area contributed by atoms with Crippen LogP contribution >= 0.6 is 0 Å². The Kier molecular flexibility index (Phi) is 4.74. The smallest absolute Gasteiger partial charge is 0.247 e. The molecule has 1 atom stereocenters. The van der Waals surface area contributed by atoms with Gasteiger partial charge in [-0.25, -0.2) is 8.91 Å². The molecule has 4 aromatic heterocycles. The number of nitrogens with zero attached hydrogens (tertiary/aromatic N) is 6. The van der Waals surface area contributed by atoms with Crippen molar-refractivity contribution in [2.75, 3.05) is 0 Å². The van der Waals surface area contributed by atoms with Crippen molar-refractivity contribution >= 4 is 16.4 Å². The lowest BCUT2D eigenvalue weighted by atomic mass is 10.2. The maximum absolute atomic E-state index is 14.5. The van der Waals surface area contributed by atoms with Crippen LogP contribution in [0.4, 0.5) is 4.39 Å². The monoisotopic (exact) mass is 437 g/mol. The van der Waals surface area contributed by atoms with Crippen LogP contribution in [0.3, 0.4) is 0 Å². The number of aliphatic hydroxyl groups excluding tert-OH is 1. The number of aryl methyl sites for hydroxylation is 2. The van der Waals surface area contributed by atoms with Crippen molar-refractivity contribution in [1.29, 1.82) is 0 Å². The molecule has 10 nitrogen and oxygen atoms in total. The first-order valence-electron chi connectivity index (χ1n) is 9.94. The second-order valence-corrected chi connectivity index (χ2v) is 7.65. The van der Waals surface area contributed by atoms with E-state index in [1.54, 1.807) is 36.0 Å². The number of fused-ring (bicyclic) bond motifs is 2. The Balaban J connectivity index is 1.47. The van der Waals surface area contributed by atoms with Crippen LogP contribution in [0.25, 0.3) is 16.4 Å². The molecule has 0 spiro atoms. The van der Waals surface area contributed by atoms with Crippen molar-refractivity contribution in [3.8, 4) is 17.4 Å². The number of nitrogens with one attached hydrogen (secondary N) is 1. The zero-order valence-corrected chi connectivity index (χ0v) is 17.6. The third-order valence-electron chi connectivity index (χ3n) is 4.97. The Hall–Kier alpha value is -3.99. The van der Waals surface area contributed by atoms with Gasteiger partial charge in [-0.05, 0) is 32.1 Å². The topological polar surface area (TPSA) is 115 Å². The van der Waals surface area contributed by atoms with Gasteiger partial charge in [0.05, 0.1) is 29.7 Å². The Morgan fingerprint density at radius 1 is 1.22 bits per heavy atom. The van der Waals surface area contributed by atoms with Gasteiger partial charge in [0.2, 0.25) is 5.88 Å². The maximum Gasteiger partial charge on any atom is 0.247 e. The predicted octanol–water partition coefficient (Wildman–Crippen LogP) is 3.12. The highest BCUT2D eigenvalue weighted by molar-refractivity contribution is 5.82. The van der Waals surface area contributed by atoms with E-state index in [0.29, 0.717) is 45.6 Å². The lowest BCUT2D eigenvalue weighted by molar-refractivity contribution is 0.171. The fraction of sp³-hybridized carbons (Fsp3) is 0.238. The largest absolute Gasteiger partial charge is 0.437 e. The average Bonchev–Trinajstić information content (AvgIpc) is 3.40. The first-order valence-corrected chi connectivity index (χ1v) is 9.94. The number of aliphatic hydroxyl groups is 1. The van der Waals surface area contributed by atoms with Gasteiger partial charge >= 0.3 is 0 Å². The molecule has 0 aliphatic heterocycles. The van der Waals surface area contributed by atoms with Gasteiger partial charge < -0.3 is 19.7 Å². The van der Waals surface area contributed by atoms with Crippen molar-refractivity contribution in [2.24, 2.45) is 0 Å². The van der Waals surface area contributed by atoms with Gasteiger partial charge in [0, 0.05) is 35.2 Å². The molecule has 11 heteroatoms. The quantitative estimate of drug-likeness (QED) is 0.419. The molecular weight excluding hydrogens is 417 g/mol. The summed E-state index contributed by atoms with van der Waals surface area (Å²) < 4.78 is 22.0. The summed E-state index contributed by atoms with van der Waals surface area (Å²) in [6.07, 6.45) is 4.43. The number of rotatable bonds is 6. The number of benzene rings is 1. The van der Waals surface area contributed by atoms with Gasteiger partial charge in [0.1, 0.15) is 23.4 Å². The van der Waals surface area contributed by atoms with Gasteiger partial charge in [-0.2, -0.15) is 10.1 Å². The molecule has 1 unspecified atom stereocenters. The summed E-state index contributed by atoms with van der Waals surface area (Å²) >= 11 is 0. The van der Waals surface area contributed by atoms with Crippen molar-refractivity contribution in [3.05, 3.63) is 59.7 Å². The van der Waals surface area contributed by atoms with Gasteiger partial charge in [-0.1, -0.05) is 4.85 Å². The Labute approximate surface area is 181 Å². The fourth-order valence-electron chi connectivity index (χ4n) is 3.57. The molecule has 0 fully saturated rings. The van der Waals surface area contributed by atoms with Gasteiger partial charge in [0.15, 0.2) is 5.75 Å². The minimum absolute atomic E-state index is 0.253. The molecule has 0 saturated heterocycles. The standard InChI is InChI=1S/C21H20FN7O3/c1-11-4-16-17(22)6-15(7-18(16)25-11)31-21-20-13(3)19(9-28(20)24-10-23-21)32-29-8-14(26-27-29)5-12(2)30/h4,6-10,12,25,30H,5H2,1-3H3. The molecule has 2 N–H and O–H groups in total. The predicted molar refractivity (Wildman–Crippen MR) is 112 cm³/mol. The SMILES string of the molecule is Cc1cc2c(F)cc(Oc3ncnn4cc(On5cc(CC(C)O)nn5)c(C)c34)cc2[nH]1. The summed E-state index contributed by atoms with van der Waals surface area (Å²) in [7, 11) is 0. The summed E-state index contributed by atoms with van der Waals surface area (Å²) in [5, 5.41) is 22.1. The highest BCUT2D eigenvalue weighted by Gasteiger charge is 2.18. The zero-order valence-electron chi connectivity index (χ0n) is 17.6. The Bertz CT molecular complexity index is 1440. The van der Waals surface area contributed by atoms with E-state index in [0.717, 1.165) is 5.69 Å². The number of hydrogen-bond donors (Lipinski definition) is 2. The number of ether oxygens (including phenoxy) is 1. The third kappa shape index (κ3) is 3.62. The van der Waals surface area contributed by atoms with E-state index in [1.807, 2.05) is 13.8 Å². The highest BCUT2D eigenvalue weighted by Crippen LogP contribution is 2.33. The molecule has 0 saturated carbocycles. The minimum Gasteiger partial charge on any atom is -0.437 e. The lowest BCUT2D eigenvalue weighted by Crippen LogP contribution is -2.06. The first kappa shape index (κ1) is 19.9. The highest BCUT2D eigenvalue weighted by atomic mass is 19.1. The second-order valence-electron chi connectivity index (χ2n) is 7.65. The molecule has 164 valence electrons. The van der Waals surface area contributed by atoms with Crippen molar-refractivity contribution < 1.29 is 19.1 Å². The summed E-state index contributed by atoms with van der Waals surface area (Å²) in [6, 6.07) is 4.79. The van der Waals surface area contributed by atoms with E-state index in [1.165, 1.54) is 17.2 Å². The molecule has 0 aliphatic rings. The average molecular weight is 437 g/mol. The first-order chi connectivity index (χ1) is 15.4. The van der Waals surface area contributed by atoms with Crippen molar-refractivity contribution in [1.82, 2.24) is 34.7 Å². The van der Waals surface area contributed by atoms with E-state index in [4.69, 9.17) is 9.57 Å². The summed E-state index contributed by atoms with van der Waals surface area (Å²) in [6.45, 7) is 5.36. The minimum atomic E-state index is -0.534. The summed E-state index contributed by atoms with van der Waals surface area (Å²) in [4.78, 5) is 14.3. The fourth-order valence-corrected chi connectivity index (χ4v) is 3.57. The van der Waals surface area contributed by atoms with Gasteiger partial charge in [-0.15, -0.1) is 5.10 Å². The lowest BCUT2D eigenvalue weighted by Gasteiger charge is -2.07. The van der Waals surface area contributed by atoms with E-state index >= 15 is 0 Å². The van der Waals surface area contributed by atoms with Crippen molar-refractivity contribution in [3.63, 3.8) is 0 Å². The third-order valence-corrected chi connectivity index (χ3v) is 4.97. The van der Waals surface area contributed by atoms with Crippen LogP contribution in [0.2, 0.25) is 0 Å². The molecule has 0 radical (unpaired) electrons. The van der Waals surface area contributed by atoms with Crippen molar-refractivity contribution in [2.45, 2.75) is 33.3 Å².